The molecule has 0 aliphatic carbocycles. The zero-order valence-electron chi connectivity index (χ0n) is 7.68. The van der Waals surface area contributed by atoms with E-state index in [0.717, 1.165) is 30.7 Å². The summed E-state index contributed by atoms with van der Waals surface area (Å²) in [6, 6.07) is 2.04. The molecule has 0 bridgehead atoms. The maximum Gasteiger partial charge on any atom is 0.137 e. The fourth-order valence-corrected chi connectivity index (χ4v) is 1.12. The molecule has 0 spiro atoms. The number of aromatic nitrogens is 1. The second-order valence-electron chi connectivity index (χ2n) is 2.99. The van der Waals surface area contributed by atoms with Gasteiger partial charge in [-0.2, -0.15) is 0 Å². The van der Waals surface area contributed by atoms with Crippen molar-refractivity contribution in [2.24, 2.45) is 0 Å². The molecule has 2 nitrogen and oxygen atoms in total. The molecule has 0 aromatic carbocycles. The summed E-state index contributed by atoms with van der Waals surface area (Å²) in [7, 11) is 0. The van der Waals surface area contributed by atoms with E-state index in [0.29, 0.717) is 0 Å². The zero-order valence-corrected chi connectivity index (χ0v) is 7.68. The van der Waals surface area contributed by atoms with Gasteiger partial charge in [-0.25, -0.2) is 0 Å². The first-order valence-electron chi connectivity index (χ1n) is 4.60. The van der Waals surface area contributed by atoms with Crippen LogP contribution in [-0.2, 0) is 12.8 Å². The molecule has 1 radical (unpaired) electrons. The Morgan fingerprint density at radius 1 is 1.50 bits per heavy atom. The van der Waals surface area contributed by atoms with Crippen LogP contribution < -0.4 is 0 Å². The van der Waals surface area contributed by atoms with Crippen LogP contribution in [0.15, 0.2) is 10.6 Å². The van der Waals surface area contributed by atoms with Gasteiger partial charge in [0.25, 0.3) is 0 Å². The lowest BCUT2D eigenvalue weighted by molar-refractivity contribution is 0.374. The fourth-order valence-electron chi connectivity index (χ4n) is 1.12. The van der Waals surface area contributed by atoms with Gasteiger partial charge < -0.3 is 4.52 Å². The summed E-state index contributed by atoms with van der Waals surface area (Å²) in [5.41, 5.74) is 1.04. The van der Waals surface area contributed by atoms with Gasteiger partial charge in [0.1, 0.15) is 5.76 Å². The number of hydrogen-bond donors (Lipinski definition) is 0. The summed E-state index contributed by atoms with van der Waals surface area (Å²) >= 11 is 0. The molecule has 0 aliphatic rings. The molecule has 0 fully saturated rings. The molecule has 0 saturated heterocycles. The van der Waals surface area contributed by atoms with Crippen LogP contribution in [0.1, 0.15) is 37.6 Å². The normalized spacial score (nSPS) is 10.5. The monoisotopic (exact) mass is 166 g/mol. The predicted octanol–water partition coefficient (Wildman–Crippen LogP) is 2.78. The molecule has 67 valence electrons. The van der Waals surface area contributed by atoms with E-state index < -0.39 is 0 Å². The standard InChI is InChI=1S/C10H16NO/c1-3-5-7-10-8-9(6-4-2)11-12-10/h8H,2-7H2,1H3. The van der Waals surface area contributed by atoms with Crippen LogP contribution in [0.4, 0.5) is 0 Å². The van der Waals surface area contributed by atoms with E-state index in [4.69, 9.17) is 4.52 Å². The molecule has 0 saturated carbocycles. The molecule has 1 rings (SSSR count). The lowest BCUT2D eigenvalue weighted by atomic mass is 10.2. The van der Waals surface area contributed by atoms with Crippen LogP contribution in [0.5, 0.6) is 0 Å². The third kappa shape index (κ3) is 2.68. The molecule has 0 aliphatic heterocycles. The number of nitrogens with zero attached hydrogens (tertiary/aromatic N) is 1. The SMILES string of the molecule is [CH2]CCc1cc(CCCC)on1. The van der Waals surface area contributed by atoms with E-state index in [-0.39, 0.29) is 0 Å². The predicted molar refractivity (Wildman–Crippen MR) is 48.8 cm³/mol. The van der Waals surface area contributed by atoms with Crippen molar-refractivity contribution < 1.29 is 4.52 Å². The van der Waals surface area contributed by atoms with Crippen molar-refractivity contribution in [3.8, 4) is 0 Å². The molecule has 12 heavy (non-hydrogen) atoms. The van der Waals surface area contributed by atoms with E-state index in [1.807, 2.05) is 6.07 Å². The van der Waals surface area contributed by atoms with Gasteiger partial charge in [0.15, 0.2) is 0 Å². The highest BCUT2D eigenvalue weighted by Crippen LogP contribution is 2.08. The van der Waals surface area contributed by atoms with Crippen molar-refractivity contribution in [2.75, 3.05) is 0 Å². The maximum atomic E-state index is 5.14. The minimum absolute atomic E-state index is 0.889. The Morgan fingerprint density at radius 2 is 2.33 bits per heavy atom. The zero-order chi connectivity index (χ0) is 8.81. The van der Waals surface area contributed by atoms with E-state index in [9.17, 15) is 0 Å². The summed E-state index contributed by atoms with van der Waals surface area (Å²) in [6.45, 7) is 5.94. The summed E-state index contributed by atoms with van der Waals surface area (Å²) in [4.78, 5) is 0. The van der Waals surface area contributed by atoms with Crippen LogP contribution in [0.3, 0.4) is 0 Å². The third-order valence-electron chi connectivity index (χ3n) is 1.82. The first-order valence-corrected chi connectivity index (χ1v) is 4.60. The molecular weight excluding hydrogens is 150 g/mol. The van der Waals surface area contributed by atoms with Crippen LogP contribution in [0.2, 0.25) is 0 Å². The fraction of sp³-hybridized carbons (Fsp3) is 0.600. The highest BCUT2D eigenvalue weighted by atomic mass is 16.5. The molecular formula is C10H16NO. The van der Waals surface area contributed by atoms with Crippen molar-refractivity contribution in [3.05, 3.63) is 24.4 Å². The van der Waals surface area contributed by atoms with Gasteiger partial charge >= 0.3 is 0 Å². The average Bonchev–Trinajstić information content (AvgIpc) is 2.50. The van der Waals surface area contributed by atoms with Crippen molar-refractivity contribution in [2.45, 2.75) is 39.0 Å². The molecule has 0 unspecified atom stereocenters. The Bertz CT molecular complexity index is 217. The number of unbranched alkanes of at least 4 members (excludes halogenated alkanes) is 1. The van der Waals surface area contributed by atoms with Gasteiger partial charge in [-0.05, 0) is 19.3 Å². The van der Waals surface area contributed by atoms with E-state index in [1.54, 1.807) is 0 Å². The molecule has 0 atom stereocenters. The van der Waals surface area contributed by atoms with Crippen molar-refractivity contribution in [1.29, 1.82) is 0 Å². The Kier molecular flexibility index (Phi) is 3.85. The van der Waals surface area contributed by atoms with Crippen molar-refractivity contribution >= 4 is 0 Å². The quantitative estimate of drug-likeness (QED) is 0.672. The largest absolute Gasteiger partial charge is 0.361 e. The van der Waals surface area contributed by atoms with Crippen LogP contribution in [0.25, 0.3) is 0 Å². The van der Waals surface area contributed by atoms with Crippen molar-refractivity contribution in [3.63, 3.8) is 0 Å². The van der Waals surface area contributed by atoms with Crippen LogP contribution in [-0.4, -0.2) is 5.16 Å². The summed E-state index contributed by atoms with van der Waals surface area (Å²) < 4.78 is 5.14. The number of rotatable bonds is 5. The minimum atomic E-state index is 0.889. The first-order chi connectivity index (χ1) is 5.86. The summed E-state index contributed by atoms with van der Waals surface area (Å²) in [5, 5.41) is 3.94. The smallest absolute Gasteiger partial charge is 0.137 e. The Labute approximate surface area is 74.0 Å². The second-order valence-corrected chi connectivity index (χ2v) is 2.99. The van der Waals surface area contributed by atoms with Gasteiger partial charge in [-0.15, -0.1) is 0 Å². The highest BCUT2D eigenvalue weighted by molar-refractivity contribution is 5.05. The van der Waals surface area contributed by atoms with Crippen LogP contribution in [0, 0.1) is 6.92 Å². The van der Waals surface area contributed by atoms with E-state index in [1.165, 1.54) is 12.8 Å². The average molecular weight is 166 g/mol. The van der Waals surface area contributed by atoms with Gasteiger partial charge in [-0.1, -0.05) is 25.4 Å². The Balaban J connectivity index is 2.41. The molecule has 1 heterocycles. The Hall–Kier alpha value is -0.790. The number of aryl methyl sites for hydroxylation is 2. The topological polar surface area (TPSA) is 26.0 Å². The van der Waals surface area contributed by atoms with Crippen LogP contribution >= 0.6 is 0 Å². The maximum absolute atomic E-state index is 5.14. The van der Waals surface area contributed by atoms with Gasteiger partial charge in [-0.3, -0.25) is 0 Å². The Morgan fingerprint density at radius 3 is 3.00 bits per heavy atom. The summed E-state index contributed by atoms with van der Waals surface area (Å²) in [6.07, 6.45) is 5.21. The first kappa shape index (κ1) is 9.30. The van der Waals surface area contributed by atoms with Gasteiger partial charge in [0.2, 0.25) is 0 Å². The number of hydrogen-bond acceptors (Lipinski definition) is 2. The lowest BCUT2D eigenvalue weighted by Gasteiger charge is -1.88. The summed E-state index contributed by atoms with van der Waals surface area (Å²) in [5.74, 6) is 1.01. The van der Waals surface area contributed by atoms with E-state index >= 15 is 0 Å². The van der Waals surface area contributed by atoms with E-state index in [2.05, 4.69) is 19.0 Å². The van der Waals surface area contributed by atoms with Crippen molar-refractivity contribution in [1.82, 2.24) is 5.16 Å². The second kappa shape index (κ2) is 4.96. The lowest BCUT2D eigenvalue weighted by Crippen LogP contribution is -1.81. The molecule has 1 aromatic rings. The third-order valence-corrected chi connectivity index (χ3v) is 1.82. The highest BCUT2D eigenvalue weighted by Gasteiger charge is 2.01. The van der Waals surface area contributed by atoms with Gasteiger partial charge in [0, 0.05) is 12.5 Å². The molecule has 0 N–H and O–H groups in total. The van der Waals surface area contributed by atoms with Gasteiger partial charge in [0.05, 0.1) is 5.69 Å². The molecule has 0 amide bonds. The molecule has 1 aromatic heterocycles. The minimum Gasteiger partial charge on any atom is -0.361 e. The molecule has 2 heteroatoms.